The summed E-state index contributed by atoms with van der Waals surface area (Å²) in [6.07, 6.45) is -0.973. The van der Waals surface area contributed by atoms with E-state index in [-0.39, 0.29) is 6.61 Å². The quantitative estimate of drug-likeness (QED) is 0.650. The van der Waals surface area contributed by atoms with Gasteiger partial charge in [0.25, 0.3) is 0 Å². The van der Waals surface area contributed by atoms with Crippen LogP contribution >= 0.6 is 0 Å². The van der Waals surface area contributed by atoms with Crippen molar-refractivity contribution in [1.82, 2.24) is 5.32 Å². The Morgan fingerprint density at radius 2 is 2.00 bits per heavy atom. The Labute approximate surface area is 81.8 Å². The van der Waals surface area contributed by atoms with Gasteiger partial charge in [-0.25, -0.2) is 0 Å². The number of rotatable bonds is 7. The highest BCUT2D eigenvalue weighted by molar-refractivity contribution is 4.74. The molecule has 1 fully saturated rings. The molecule has 0 saturated heterocycles. The highest BCUT2D eigenvalue weighted by Gasteiger charge is 2.27. The Morgan fingerprint density at radius 1 is 1.29 bits per heavy atom. The van der Waals surface area contributed by atoms with Crippen LogP contribution in [0.15, 0.2) is 0 Å². The van der Waals surface area contributed by atoms with Crippen LogP contribution in [0.25, 0.3) is 0 Å². The number of nitrogens with one attached hydrogen (secondary N) is 1. The van der Waals surface area contributed by atoms with Crippen molar-refractivity contribution in [1.29, 1.82) is 0 Å². The molecule has 5 heteroatoms. The molecule has 0 aromatic rings. The average molecular weight is 211 g/mol. The van der Waals surface area contributed by atoms with Gasteiger partial charge in [-0.2, -0.15) is 13.2 Å². The zero-order valence-electron chi connectivity index (χ0n) is 8.07. The van der Waals surface area contributed by atoms with Crippen molar-refractivity contribution in [2.75, 3.05) is 26.3 Å². The molecule has 1 saturated carbocycles. The molecule has 0 bridgehead atoms. The largest absolute Gasteiger partial charge is 0.411 e. The van der Waals surface area contributed by atoms with E-state index in [0.29, 0.717) is 6.42 Å². The summed E-state index contributed by atoms with van der Waals surface area (Å²) in [7, 11) is 0. The minimum atomic E-state index is -4.19. The van der Waals surface area contributed by atoms with Gasteiger partial charge in [0.2, 0.25) is 0 Å². The average Bonchev–Trinajstić information content (AvgIpc) is 2.84. The van der Waals surface area contributed by atoms with Crippen LogP contribution in [-0.2, 0) is 4.74 Å². The molecule has 1 aliphatic carbocycles. The first-order chi connectivity index (χ1) is 6.58. The molecule has 0 heterocycles. The van der Waals surface area contributed by atoms with Crippen LogP contribution < -0.4 is 5.32 Å². The van der Waals surface area contributed by atoms with Crippen LogP contribution in [0.5, 0.6) is 0 Å². The molecule has 0 aliphatic heterocycles. The topological polar surface area (TPSA) is 21.3 Å². The van der Waals surface area contributed by atoms with Crippen molar-refractivity contribution in [2.45, 2.75) is 25.4 Å². The van der Waals surface area contributed by atoms with Crippen molar-refractivity contribution in [2.24, 2.45) is 5.92 Å². The third-order valence-corrected chi connectivity index (χ3v) is 2.04. The first kappa shape index (κ1) is 11.8. The SMILES string of the molecule is FC(F)(F)COCCCNCC1CC1. The molecular weight excluding hydrogens is 195 g/mol. The van der Waals surface area contributed by atoms with Crippen molar-refractivity contribution >= 4 is 0 Å². The van der Waals surface area contributed by atoms with Crippen LogP contribution in [0, 0.1) is 5.92 Å². The zero-order valence-corrected chi connectivity index (χ0v) is 8.07. The molecule has 0 spiro atoms. The predicted octanol–water partition coefficient (Wildman–Crippen LogP) is 1.95. The second kappa shape index (κ2) is 5.56. The monoisotopic (exact) mass is 211 g/mol. The van der Waals surface area contributed by atoms with Gasteiger partial charge in [-0.1, -0.05) is 0 Å². The van der Waals surface area contributed by atoms with Crippen molar-refractivity contribution in [3.8, 4) is 0 Å². The van der Waals surface area contributed by atoms with Crippen LogP contribution in [0.4, 0.5) is 13.2 Å². The number of alkyl halides is 3. The minimum Gasteiger partial charge on any atom is -0.372 e. The fourth-order valence-electron chi connectivity index (χ4n) is 1.12. The van der Waals surface area contributed by atoms with Gasteiger partial charge in [0.05, 0.1) is 0 Å². The van der Waals surface area contributed by atoms with Gasteiger partial charge >= 0.3 is 6.18 Å². The summed E-state index contributed by atoms with van der Waals surface area (Å²) in [6.45, 7) is 0.792. The van der Waals surface area contributed by atoms with Crippen LogP contribution in [-0.4, -0.2) is 32.5 Å². The van der Waals surface area contributed by atoms with Gasteiger partial charge < -0.3 is 10.1 Å². The molecule has 2 nitrogen and oxygen atoms in total. The van der Waals surface area contributed by atoms with Gasteiger partial charge in [-0.05, 0) is 38.3 Å². The maximum atomic E-state index is 11.6. The highest BCUT2D eigenvalue weighted by atomic mass is 19.4. The second-order valence-electron chi connectivity index (χ2n) is 3.67. The van der Waals surface area contributed by atoms with E-state index in [1.165, 1.54) is 12.8 Å². The molecule has 0 radical (unpaired) electrons. The van der Waals surface area contributed by atoms with Crippen molar-refractivity contribution in [3.05, 3.63) is 0 Å². The summed E-state index contributed by atoms with van der Waals surface area (Å²) >= 11 is 0. The molecule has 0 unspecified atom stereocenters. The summed E-state index contributed by atoms with van der Waals surface area (Å²) in [6, 6.07) is 0. The van der Waals surface area contributed by atoms with E-state index in [2.05, 4.69) is 10.1 Å². The lowest BCUT2D eigenvalue weighted by molar-refractivity contribution is -0.173. The van der Waals surface area contributed by atoms with Gasteiger partial charge in [0.15, 0.2) is 0 Å². The van der Waals surface area contributed by atoms with E-state index in [1.54, 1.807) is 0 Å². The van der Waals surface area contributed by atoms with Gasteiger partial charge in [0.1, 0.15) is 6.61 Å². The second-order valence-corrected chi connectivity index (χ2v) is 3.67. The Balaban J connectivity index is 1.75. The maximum Gasteiger partial charge on any atom is 0.411 e. The van der Waals surface area contributed by atoms with Crippen LogP contribution in [0.1, 0.15) is 19.3 Å². The van der Waals surface area contributed by atoms with Gasteiger partial charge in [-0.15, -0.1) is 0 Å². The van der Waals surface area contributed by atoms with Crippen molar-refractivity contribution < 1.29 is 17.9 Å². The summed E-state index contributed by atoms with van der Waals surface area (Å²) in [4.78, 5) is 0. The lowest BCUT2D eigenvalue weighted by atomic mass is 10.4. The Morgan fingerprint density at radius 3 is 2.57 bits per heavy atom. The Hall–Kier alpha value is -0.290. The van der Waals surface area contributed by atoms with E-state index in [0.717, 1.165) is 19.0 Å². The van der Waals surface area contributed by atoms with E-state index >= 15 is 0 Å². The molecule has 0 aromatic heterocycles. The Bertz CT molecular complexity index is 157. The van der Waals surface area contributed by atoms with E-state index < -0.39 is 12.8 Å². The van der Waals surface area contributed by atoms with Gasteiger partial charge in [-0.3, -0.25) is 0 Å². The zero-order chi connectivity index (χ0) is 10.4. The molecule has 0 aromatic carbocycles. The first-order valence-corrected chi connectivity index (χ1v) is 4.93. The number of ether oxygens (including phenoxy) is 1. The lowest BCUT2D eigenvalue weighted by Crippen LogP contribution is -2.21. The molecule has 1 N–H and O–H groups in total. The smallest absolute Gasteiger partial charge is 0.372 e. The third-order valence-electron chi connectivity index (χ3n) is 2.04. The van der Waals surface area contributed by atoms with Crippen molar-refractivity contribution in [3.63, 3.8) is 0 Å². The molecule has 84 valence electrons. The summed E-state index contributed by atoms with van der Waals surface area (Å²) in [5, 5.41) is 3.18. The fraction of sp³-hybridized carbons (Fsp3) is 1.00. The molecule has 0 amide bonds. The van der Waals surface area contributed by atoms with Crippen LogP contribution in [0.2, 0.25) is 0 Å². The van der Waals surface area contributed by atoms with E-state index in [4.69, 9.17) is 0 Å². The summed E-state index contributed by atoms with van der Waals surface area (Å²) < 4.78 is 39.3. The fourth-order valence-corrected chi connectivity index (χ4v) is 1.12. The number of hydrogen-bond acceptors (Lipinski definition) is 2. The lowest BCUT2D eigenvalue weighted by Gasteiger charge is -2.07. The normalized spacial score (nSPS) is 17.4. The van der Waals surface area contributed by atoms with Gasteiger partial charge in [0, 0.05) is 6.61 Å². The molecule has 14 heavy (non-hydrogen) atoms. The predicted molar refractivity (Wildman–Crippen MR) is 47.1 cm³/mol. The maximum absolute atomic E-state index is 11.6. The number of halogens is 3. The van der Waals surface area contributed by atoms with E-state index in [1.807, 2.05) is 0 Å². The molecule has 1 rings (SSSR count). The molecule has 1 aliphatic rings. The summed E-state index contributed by atoms with van der Waals surface area (Å²) in [5.41, 5.74) is 0. The number of hydrogen-bond donors (Lipinski definition) is 1. The first-order valence-electron chi connectivity index (χ1n) is 4.93. The Kier molecular flexibility index (Phi) is 4.68. The minimum absolute atomic E-state index is 0.178. The van der Waals surface area contributed by atoms with E-state index in [9.17, 15) is 13.2 Å². The highest BCUT2D eigenvalue weighted by Crippen LogP contribution is 2.27. The van der Waals surface area contributed by atoms with Crippen LogP contribution in [0.3, 0.4) is 0 Å². The standard InChI is InChI=1S/C9H16F3NO/c10-9(11,12)7-14-5-1-4-13-6-8-2-3-8/h8,13H,1-7H2. The molecule has 0 atom stereocenters. The summed E-state index contributed by atoms with van der Waals surface area (Å²) in [5.74, 6) is 0.811. The third kappa shape index (κ3) is 7.15. The molecular formula is C9H16F3NO.